The van der Waals surface area contributed by atoms with Crippen molar-refractivity contribution in [1.82, 2.24) is 15.0 Å². The Hall–Kier alpha value is -3.42. The van der Waals surface area contributed by atoms with Crippen molar-refractivity contribution in [3.8, 4) is 5.69 Å². The second-order valence-corrected chi connectivity index (χ2v) is 8.29. The number of carbonyl (C=O) groups excluding carboxylic acids is 1. The maximum atomic E-state index is 13.2. The van der Waals surface area contributed by atoms with Crippen LogP contribution in [0.3, 0.4) is 0 Å². The van der Waals surface area contributed by atoms with Crippen molar-refractivity contribution in [3.05, 3.63) is 99.8 Å². The molecule has 4 aromatic rings. The summed E-state index contributed by atoms with van der Waals surface area (Å²) in [5.74, 6) is -0.250. The van der Waals surface area contributed by atoms with E-state index in [9.17, 15) is 9.59 Å². The zero-order valence-electron chi connectivity index (χ0n) is 17.2. The lowest BCUT2D eigenvalue weighted by Crippen LogP contribution is -2.24. The lowest BCUT2D eigenvalue weighted by molar-refractivity contribution is -0.118. The normalized spacial score (nSPS) is 11.5. The molecular weight excluding hydrogens is 444 g/mol. The number of nitrogens with zero attached hydrogens (tertiary/aromatic N) is 3. The molecule has 4 rings (SSSR count). The van der Waals surface area contributed by atoms with E-state index in [4.69, 9.17) is 11.6 Å². The number of nitrogens with one attached hydrogen (secondary N) is 1. The second-order valence-electron chi connectivity index (χ2n) is 6.92. The lowest BCUT2D eigenvalue weighted by atomic mass is 10.1. The largest absolute Gasteiger partial charge is 0.272 e. The lowest BCUT2D eigenvalue weighted by Gasteiger charge is -2.13. The van der Waals surface area contributed by atoms with Gasteiger partial charge < -0.3 is 0 Å². The second kappa shape index (κ2) is 9.80. The third kappa shape index (κ3) is 4.90. The van der Waals surface area contributed by atoms with Crippen LogP contribution in [0.2, 0.25) is 5.02 Å². The highest BCUT2D eigenvalue weighted by Gasteiger charge is 2.15. The quantitative estimate of drug-likeness (QED) is 0.195. The SMILES string of the molecule is CC(=NNC(=O)CSc1nc2ccccc2c(=O)n1-c1ccc(Cl)cc1)c1ccccc1. The fourth-order valence-electron chi connectivity index (χ4n) is 3.08. The Labute approximate surface area is 194 Å². The number of hydrogen-bond acceptors (Lipinski definition) is 5. The molecule has 160 valence electrons. The number of para-hydroxylation sites is 1. The van der Waals surface area contributed by atoms with E-state index in [1.165, 1.54) is 16.3 Å². The highest BCUT2D eigenvalue weighted by molar-refractivity contribution is 7.99. The predicted molar refractivity (Wildman–Crippen MR) is 130 cm³/mol. The van der Waals surface area contributed by atoms with Crippen LogP contribution >= 0.6 is 23.4 Å². The van der Waals surface area contributed by atoms with Crippen molar-refractivity contribution in [1.29, 1.82) is 0 Å². The minimum absolute atomic E-state index is 0.0456. The van der Waals surface area contributed by atoms with Crippen molar-refractivity contribution in [2.75, 3.05) is 5.75 Å². The van der Waals surface area contributed by atoms with Crippen molar-refractivity contribution in [3.63, 3.8) is 0 Å². The first-order valence-corrected chi connectivity index (χ1v) is 11.2. The number of amides is 1. The molecule has 3 aromatic carbocycles. The molecule has 0 saturated heterocycles. The summed E-state index contributed by atoms with van der Waals surface area (Å²) < 4.78 is 1.50. The van der Waals surface area contributed by atoms with Gasteiger partial charge in [0.05, 0.1) is 28.1 Å². The van der Waals surface area contributed by atoms with Gasteiger partial charge in [-0.05, 0) is 48.9 Å². The number of thioether (sulfide) groups is 1. The van der Waals surface area contributed by atoms with E-state index < -0.39 is 0 Å². The van der Waals surface area contributed by atoms with E-state index in [0.29, 0.717) is 32.5 Å². The molecule has 0 radical (unpaired) electrons. The Bertz CT molecular complexity index is 1350. The van der Waals surface area contributed by atoms with Crippen LogP contribution < -0.4 is 11.0 Å². The summed E-state index contributed by atoms with van der Waals surface area (Å²) in [5, 5.41) is 5.64. The van der Waals surface area contributed by atoms with Crippen LogP contribution in [0.5, 0.6) is 0 Å². The van der Waals surface area contributed by atoms with Crippen LogP contribution in [0.4, 0.5) is 0 Å². The maximum absolute atomic E-state index is 13.2. The molecule has 1 aromatic heterocycles. The van der Waals surface area contributed by atoms with Gasteiger partial charge in [0.1, 0.15) is 0 Å². The van der Waals surface area contributed by atoms with Crippen LogP contribution in [0.25, 0.3) is 16.6 Å². The van der Waals surface area contributed by atoms with Gasteiger partial charge in [-0.3, -0.25) is 14.2 Å². The van der Waals surface area contributed by atoms with Crippen LogP contribution in [-0.2, 0) is 4.79 Å². The molecule has 1 N–H and O–H groups in total. The summed E-state index contributed by atoms with van der Waals surface area (Å²) in [5.41, 5.74) is 5.18. The summed E-state index contributed by atoms with van der Waals surface area (Å²) in [7, 11) is 0. The number of halogens is 1. The van der Waals surface area contributed by atoms with Crippen LogP contribution in [0, 0.1) is 0 Å². The Morgan fingerprint density at radius 3 is 2.47 bits per heavy atom. The van der Waals surface area contributed by atoms with Gasteiger partial charge in [0.2, 0.25) is 0 Å². The van der Waals surface area contributed by atoms with Gasteiger partial charge in [-0.25, -0.2) is 10.4 Å². The van der Waals surface area contributed by atoms with Gasteiger partial charge in [-0.15, -0.1) is 0 Å². The highest BCUT2D eigenvalue weighted by Crippen LogP contribution is 2.22. The Morgan fingerprint density at radius 2 is 1.72 bits per heavy atom. The third-order valence-corrected chi connectivity index (χ3v) is 5.89. The maximum Gasteiger partial charge on any atom is 0.266 e. The summed E-state index contributed by atoms with van der Waals surface area (Å²) in [6.07, 6.45) is 0. The van der Waals surface area contributed by atoms with Crippen molar-refractivity contribution < 1.29 is 4.79 Å². The first kappa shape index (κ1) is 21.8. The minimum atomic E-state index is -0.296. The molecule has 6 nitrogen and oxygen atoms in total. The molecule has 1 amide bonds. The molecule has 8 heteroatoms. The number of fused-ring (bicyclic) bond motifs is 1. The molecule has 0 aliphatic carbocycles. The molecular formula is C24H19ClN4O2S. The molecule has 0 saturated carbocycles. The zero-order valence-corrected chi connectivity index (χ0v) is 18.7. The van der Waals surface area contributed by atoms with Gasteiger partial charge in [-0.2, -0.15) is 5.10 Å². The monoisotopic (exact) mass is 462 g/mol. The topological polar surface area (TPSA) is 76.3 Å². The van der Waals surface area contributed by atoms with Gasteiger partial charge in [0.15, 0.2) is 5.16 Å². The van der Waals surface area contributed by atoms with Crippen molar-refractivity contribution in [2.24, 2.45) is 5.10 Å². The fourth-order valence-corrected chi connectivity index (χ4v) is 4.01. The number of rotatable bonds is 6. The number of hydrazone groups is 1. The van der Waals surface area contributed by atoms with Gasteiger partial charge in [-0.1, -0.05) is 65.8 Å². The van der Waals surface area contributed by atoms with Crippen LogP contribution in [0.15, 0.2) is 93.9 Å². The Morgan fingerprint density at radius 1 is 1.03 bits per heavy atom. The fraction of sp³-hybridized carbons (Fsp3) is 0.0833. The Kier molecular flexibility index (Phi) is 6.68. The van der Waals surface area contributed by atoms with Gasteiger partial charge >= 0.3 is 0 Å². The highest BCUT2D eigenvalue weighted by atomic mass is 35.5. The minimum Gasteiger partial charge on any atom is -0.272 e. The number of hydrogen-bond donors (Lipinski definition) is 1. The summed E-state index contributed by atoms with van der Waals surface area (Å²) >= 11 is 7.18. The first-order valence-electron chi connectivity index (χ1n) is 9.82. The first-order chi connectivity index (χ1) is 15.5. The molecule has 0 atom stereocenters. The molecule has 0 bridgehead atoms. The molecule has 0 fully saturated rings. The zero-order chi connectivity index (χ0) is 22.5. The molecule has 0 unspecified atom stereocenters. The van der Waals surface area contributed by atoms with E-state index in [-0.39, 0.29) is 17.2 Å². The van der Waals surface area contributed by atoms with Crippen LogP contribution in [0.1, 0.15) is 12.5 Å². The van der Waals surface area contributed by atoms with E-state index in [1.54, 1.807) is 42.5 Å². The van der Waals surface area contributed by atoms with Crippen molar-refractivity contribution >= 4 is 45.9 Å². The van der Waals surface area contributed by atoms with E-state index in [1.807, 2.05) is 43.3 Å². The standard InChI is InChI=1S/C24H19ClN4O2S/c1-16(17-7-3-2-4-8-17)27-28-22(30)15-32-24-26-21-10-6-5-9-20(21)23(31)29(24)19-13-11-18(25)12-14-19/h2-14H,15H2,1H3,(H,28,30). The number of carbonyl (C=O) groups is 1. The van der Waals surface area contributed by atoms with Gasteiger partial charge in [0, 0.05) is 5.02 Å². The average molecular weight is 463 g/mol. The molecule has 0 aliphatic rings. The molecule has 32 heavy (non-hydrogen) atoms. The predicted octanol–water partition coefficient (Wildman–Crippen LogP) is 4.67. The smallest absolute Gasteiger partial charge is 0.266 e. The number of aromatic nitrogens is 2. The number of benzene rings is 3. The third-order valence-electron chi connectivity index (χ3n) is 4.70. The van der Waals surface area contributed by atoms with Gasteiger partial charge in [0.25, 0.3) is 11.5 Å². The average Bonchev–Trinajstić information content (AvgIpc) is 2.82. The Balaban J connectivity index is 1.59. The van der Waals surface area contributed by atoms with E-state index >= 15 is 0 Å². The van der Waals surface area contributed by atoms with E-state index in [2.05, 4.69) is 15.5 Å². The van der Waals surface area contributed by atoms with E-state index in [0.717, 1.165) is 5.56 Å². The van der Waals surface area contributed by atoms with Crippen molar-refractivity contribution in [2.45, 2.75) is 12.1 Å². The molecule has 1 heterocycles. The molecule has 0 aliphatic heterocycles. The molecule has 0 spiro atoms. The summed E-state index contributed by atoms with van der Waals surface area (Å²) in [6, 6.07) is 23.6. The summed E-state index contributed by atoms with van der Waals surface area (Å²) in [6.45, 7) is 1.83. The summed E-state index contributed by atoms with van der Waals surface area (Å²) in [4.78, 5) is 30.3. The van der Waals surface area contributed by atoms with Crippen LogP contribution in [-0.4, -0.2) is 26.9 Å².